The third kappa shape index (κ3) is 6.77. The fraction of sp³-hybridized carbons (Fsp3) is 0.424. The molecule has 13 nitrogen and oxygen atoms in total. The van der Waals surface area contributed by atoms with Crippen molar-refractivity contribution in [1.82, 2.24) is 19.3 Å². The van der Waals surface area contributed by atoms with Crippen molar-refractivity contribution in [2.45, 2.75) is 47.3 Å². The number of hydrogen-bond donors (Lipinski definition) is 0. The van der Waals surface area contributed by atoms with Gasteiger partial charge in [-0.3, -0.25) is 4.79 Å². The lowest BCUT2D eigenvalue weighted by molar-refractivity contribution is -0.926. The summed E-state index contributed by atoms with van der Waals surface area (Å²) in [6, 6.07) is 6.74. The van der Waals surface area contributed by atoms with E-state index in [1.54, 1.807) is 50.0 Å². The van der Waals surface area contributed by atoms with E-state index in [9.17, 15) is 14.9 Å². The van der Waals surface area contributed by atoms with E-state index in [1.807, 2.05) is 34.9 Å². The van der Waals surface area contributed by atoms with Gasteiger partial charge in [-0.05, 0) is 36.1 Å². The SMILES string of the molecule is CC.CC#Cc1c(OC)ccc2c(C(=O)c3cc(OC)c(OC)c(OC)c3)nn(C[N+](C)(C)Cc3c(CC)nc([N+](=O)[O-])n3C)c12. The van der Waals surface area contributed by atoms with Crippen molar-refractivity contribution in [2.24, 2.45) is 7.05 Å². The van der Waals surface area contributed by atoms with Crippen molar-refractivity contribution in [1.29, 1.82) is 0 Å². The lowest BCUT2D eigenvalue weighted by atomic mass is 10.0. The number of imidazole rings is 1. The molecule has 13 heteroatoms. The highest BCUT2D eigenvalue weighted by Gasteiger charge is 2.32. The number of nitrogens with zero attached hydrogens (tertiary/aromatic N) is 6. The summed E-state index contributed by atoms with van der Waals surface area (Å²) in [6.45, 7) is 8.35. The van der Waals surface area contributed by atoms with Gasteiger partial charge in [0.25, 0.3) is 0 Å². The number of benzene rings is 2. The Morgan fingerprint density at radius 2 is 1.63 bits per heavy atom. The average Bonchev–Trinajstić information content (AvgIpc) is 3.57. The molecule has 0 fully saturated rings. The molecule has 0 saturated carbocycles. The standard InChI is InChI=1S/C31H37N6O7.C2H6/c1-10-12-20-24(41-6)14-13-21-27(29(38)19-15-25(42-7)30(44-9)26(16-19)43-8)33-35(28(20)21)18-37(4,5)17-23-22(11-2)32-31(34(23)3)36(39)40;1-2/h13-16H,11,17-18H2,1-9H3;1-2H3/q+1;. The summed E-state index contributed by atoms with van der Waals surface area (Å²) in [4.78, 5) is 29.5. The number of quaternary nitrogens is 1. The van der Waals surface area contributed by atoms with Gasteiger partial charge in [0.1, 0.15) is 18.0 Å². The van der Waals surface area contributed by atoms with Gasteiger partial charge in [0.2, 0.25) is 11.5 Å². The summed E-state index contributed by atoms with van der Waals surface area (Å²) in [5, 5.41) is 17.0. The molecule has 0 saturated heterocycles. The van der Waals surface area contributed by atoms with Crippen LogP contribution in [0.15, 0.2) is 24.3 Å². The van der Waals surface area contributed by atoms with E-state index in [0.29, 0.717) is 74.8 Å². The maximum absolute atomic E-state index is 14.1. The topological polar surface area (TPSA) is 133 Å². The largest absolute Gasteiger partial charge is 0.495 e. The second-order valence-corrected chi connectivity index (χ2v) is 10.7. The lowest BCUT2D eigenvalue weighted by Gasteiger charge is -2.29. The van der Waals surface area contributed by atoms with Crippen LogP contribution in [0.1, 0.15) is 60.7 Å². The molecule has 0 N–H and O–H groups in total. The average molecular weight is 636 g/mol. The van der Waals surface area contributed by atoms with Crippen LogP contribution in [-0.2, 0) is 26.7 Å². The molecule has 0 radical (unpaired) electrons. The molecule has 2 aromatic heterocycles. The first kappa shape index (κ1) is 35.4. The highest BCUT2D eigenvalue weighted by molar-refractivity contribution is 6.16. The van der Waals surface area contributed by atoms with Crippen molar-refractivity contribution in [3.05, 3.63) is 62.6 Å². The van der Waals surface area contributed by atoms with Gasteiger partial charge in [-0.2, -0.15) is 5.10 Å². The summed E-state index contributed by atoms with van der Waals surface area (Å²) in [6.07, 6.45) is 0.544. The van der Waals surface area contributed by atoms with Crippen LogP contribution in [0.25, 0.3) is 10.9 Å². The first-order valence-corrected chi connectivity index (χ1v) is 14.8. The molecule has 4 aromatic rings. The Kier molecular flexibility index (Phi) is 11.4. The number of aromatic nitrogens is 4. The van der Waals surface area contributed by atoms with E-state index in [-0.39, 0.29) is 17.4 Å². The number of ether oxygens (including phenoxy) is 4. The Labute approximate surface area is 269 Å². The van der Waals surface area contributed by atoms with Gasteiger partial charge in [-0.25, -0.2) is 9.25 Å². The smallest absolute Gasteiger partial charge is 0.435 e. The van der Waals surface area contributed by atoms with Crippen LogP contribution in [0.5, 0.6) is 23.0 Å². The first-order valence-electron chi connectivity index (χ1n) is 14.8. The van der Waals surface area contributed by atoms with Gasteiger partial charge < -0.3 is 33.5 Å². The van der Waals surface area contributed by atoms with Crippen LogP contribution >= 0.6 is 0 Å². The molecule has 0 atom stereocenters. The normalized spacial score (nSPS) is 10.8. The quantitative estimate of drug-likeness (QED) is 0.0682. The zero-order valence-corrected chi connectivity index (χ0v) is 28.5. The van der Waals surface area contributed by atoms with E-state index in [1.165, 1.54) is 25.9 Å². The minimum atomic E-state index is -0.479. The molecule has 0 amide bonds. The maximum atomic E-state index is 14.1. The molecule has 0 aliphatic heterocycles. The number of aryl methyl sites for hydroxylation is 1. The number of fused-ring (bicyclic) bond motifs is 1. The number of carbonyl (C=O) groups is 1. The van der Waals surface area contributed by atoms with Crippen molar-refractivity contribution in [3.63, 3.8) is 0 Å². The predicted octanol–water partition coefficient (Wildman–Crippen LogP) is 5.14. The van der Waals surface area contributed by atoms with E-state index in [2.05, 4.69) is 16.8 Å². The van der Waals surface area contributed by atoms with Crippen molar-refractivity contribution in [2.75, 3.05) is 42.5 Å². The zero-order chi connectivity index (χ0) is 34.3. The summed E-state index contributed by atoms with van der Waals surface area (Å²) in [5.74, 6) is 7.12. The molecule has 2 aromatic carbocycles. The summed E-state index contributed by atoms with van der Waals surface area (Å²) in [7, 11) is 11.6. The summed E-state index contributed by atoms with van der Waals surface area (Å²) in [5.41, 5.74) is 3.14. The minimum Gasteiger partial charge on any atom is -0.495 e. The Bertz CT molecular complexity index is 1790. The Morgan fingerprint density at radius 1 is 1.02 bits per heavy atom. The third-order valence-corrected chi connectivity index (χ3v) is 7.35. The summed E-state index contributed by atoms with van der Waals surface area (Å²) < 4.78 is 25.6. The van der Waals surface area contributed by atoms with Crippen LogP contribution in [0.2, 0.25) is 0 Å². The molecule has 46 heavy (non-hydrogen) atoms. The molecular formula is C33H43N6O7+. The second kappa shape index (κ2) is 14.8. The predicted molar refractivity (Wildman–Crippen MR) is 175 cm³/mol. The Balaban J connectivity index is 0.00000282. The molecule has 4 rings (SSSR count). The minimum absolute atomic E-state index is 0.204. The molecule has 0 bridgehead atoms. The molecular weight excluding hydrogens is 592 g/mol. The van der Waals surface area contributed by atoms with Crippen molar-refractivity contribution in [3.8, 4) is 34.8 Å². The maximum Gasteiger partial charge on any atom is 0.435 e. The van der Waals surface area contributed by atoms with Crippen LogP contribution in [0, 0.1) is 22.0 Å². The number of methoxy groups -OCH3 is 4. The van der Waals surface area contributed by atoms with Crippen LogP contribution < -0.4 is 18.9 Å². The van der Waals surface area contributed by atoms with Crippen molar-refractivity contribution >= 4 is 22.6 Å². The number of hydrogen-bond acceptors (Lipinski definition) is 9. The number of carbonyl (C=O) groups excluding carboxylic acids is 1. The molecule has 2 heterocycles. The van der Waals surface area contributed by atoms with Gasteiger partial charge in [-0.15, -0.1) is 5.92 Å². The molecule has 246 valence electrons. The number of nitro groups is 1. The van der Waals surface area contributed by atoms with Gasteiger partial charge in [0.05, 0.1) is 60.7 Å². The molecule has 0 aliphatic rings. The van der Waals surface area contributed by atoms with Gasteiger partial charge in [-0.1, -0.05) is 31.7 Å². The number of rotatable bonds is 12. The van der Waals surface area contributed by atoms with E-state index >= 15 is 0 Å². The Hall–Kier alpha value is -5.09. The molecule has 0 spiro atoms. The van der Waals surface area contributed by atoms with Crippen LogP contribution in [-0.4, -0.2) is 77.1 Å². The second-order valence-electron chi connectivity index (χ2n) is 10.7. The van der Waals surface area contributed by atoms with Crippen molar-refractivity contribution < 1.29 is 33.1 Å². The first-order chi connectivity index (χ1) is 21.9. The van der Waals surface area contributed by atoms with E-state index in [4.69, 9.17) is 24.0 Å². The van der Waals surface area contributed by atoms with Crippen LogP contribution in [0.4, 0.5) is 5.95 Å². The highest BCUT2D eigenvalue weighted by Crippen LogP contribution is 2.39. The molecule has 0 unspecified atom stereocenters. The highest BCUT2D eigenvalue weighted by atomic mass is 16.6. The van der Waals surface area contributed by atoms with Crippen LogP contribution in [0.3, 0.4) is 0 Å². The molecule has 0 aliphatic carbocycles. The van der Waals surface area contributed by atoms with Gasteiger partial charge >= 0.3 is 5.95 Å². The summed E-state index contributed by atoms with van der Waals surface area (Å²) >= 11 is 0. The van der Waals surface area contributed by atoms with E-state index < -0.39 is 4.92 Å². The van der Waals surface area contributed by atoms with Gasteiger partial charge in [0.15, 0.2) is 29.6 Å². The zero-order valence-electron chi connectivity index (χ0n) is 28.5. The van der Waals surface area contributed by atoms with E-state index in [0.717, 1.165) is 5.69 Å². The number of ketones is 1. The fourth-order valence-electron chi connectivity index (χ4n) is 5.33. The fourth-order valence-corrected chi connectivity index (χ4v) is 5.33. The lowest BCUT2D eigenvalue weighted by Crippen LogP contribution is -2.41. The monoisotopic (exact) mass is 635 g/mol. The third-order valence-electron chi connectivity index (χ3n) is 7.35. The van der Waals surface area contributed by atoms with Gasteiger partial charge in [0, 0.05) is 17.4 Å². The Morgan fingerprint density at radius 3 is 2.13 bits per heavy atom.